The Kier molecular flexibility index (Phi) is 3.19. The first-order chi connectivity index (χ1) is 4.09. The number of likely N-dealkylation sites (N-methyl/N-ethyl adjacent to an activating group) is 1. The van der Waals surface area contributed by atoms with Gasteiger partial charge in [0, 0.05) is 14.1 Å². The van der Waals surface area contributed by atoms with Gasteiger partial charge in [0.2, 0.25) is 0 Å². The Balaban J connectivity index is 3.73. The lowest BCUT2D eigenvalue weighted by atomic mass is 10.4. The number of carbonyl (C=O) groups is 1. The van der Waals surface area contributed by atoms with Crippen molar-refractivity contribution in [1.29, 1.82) is 0 Å². The van der Waals surface area contributed by atoms with E-state index in [-0.39, 0.29) is 5.91 Å². The first-order valence-electron chi connectivity index (χ1n) is 2.66. The van der Waals surface area contributed by atoms with Crippen LogP contribution in [-0.2, 0) is 9.63 Å². The standard InChI is InChI=1S/C5H12N2O2/c1-4(9-6)5(8)7(2)3/h4H,6H2,1-3H3. The van der Waals surface area contributed by atoms with E-state index in [0.29, 0.717) is 0 Å². The van der Waals surface area contributed by atoms with Crippen LogP contribution in [0.25, 0.3) is 0 Å². The average Bonchev–Trinajstić information content (AvgIpc) is 1.84. The molecule has 0 aliphatic carbocycles. The molecule has 54 valence electrons. The smallest absolute Gasteiger partial charge is 0.253 e. The third-order valence-corrected chi connectivity index (χ3v) is 0.993. The summed E-state index contributed by atoms with van der Waals surface area (Å²) >= 11 is 0. The summed E-state index contributed by atoms with van der Waals surface area (Å²) in [5.41, 5.74) is 0. The summed E-state index contributed by atoms with van der Waals surface area (Å²) < 4.78 is 0. The van der Waals surface area contributed by atoms with Crippen LogP contribution in [0.3, 0.4) is 0 Å². The van der Waals surface area contributed by atoms with Crippen molar-refractivity contribution >= 4 is 5.91 Å². The van der Waals surface area contributed by atoms with Crippen molar-refractivity contribution < 1.29 is 9.63 Å². The summed E-state index contributed by atoms with van der Waals surface area (Å²) in [5, 5.41) is 0. The maximum Gasteiger partial charge on any atom is 0.253 e. The molecule has 1 unspecified atom stereocenters. The Morgan fingerprint density at radius 1 is 1.67 bits per heavy atom. The van der Waals surface area contributed by atoms with Crippen molar-refractivity contribution in [3.8, 4) is 0 Å². The molecule has 0 bridgehead atoms. The van der Waals surface area contributed by atoms with Gasteiger partial charge < -0.3 is 4.90 Å². The third kappa shape index (κ3) is 2.43. The van der Waals surface area contributed by atoms with E-state index in [1.54, 1.807) is 21.0 Å². The first kappa shape index (κ1) is 8.39. The van der Waals surface area contributed by atoms with Gasteiger partial charge in [-0.25, -0.2) is 5.90 Å². The van der Waals surface area contributed by atoms with Gasteiger partial charge in [-0.1, -0.05) is 0 Å². The van der Waals surface area contributed by atoms with Gasteiger partial charge in [-0.2, -0.15) is 0 Å². The topological polar surface area (TPSA) is 55.6 Å². The number of nitrogens with two attached hydrogens (primary N) is 1. The second kappa shape index (κ2) is 3.42. The van der Waals surface area contributed by atoms with E-state index in [9.17, 15) is 4.79 Å². The second-order valence-electron chi connectivity index (χ2n) is 2.01. The van der Waals surface area contributed by atoms with Crippen LogP contribution in [0.5, 0.6) is 0 Å². The van der Waals surface area contributed by atoms with Crippen molar-refractivity contribution in [2.24, 2.45) is 5.90 Å². The van der Waals surface area contributed by atoms with Crippen LogP contribution >= 0.6 is 0 Å². The van der Waals surface area contributed by atoms with Crippen LogP contribution in [0, 0.1) is 0 Å². The lowest BCUT2D eigenvalue weighted by Gasteiger charge is -2.13. The lowest BCUT2D eigenvalue weighted by Crippen LogP contribution is -2.34. The molecule has 0 radical (unpaired) electrons. The average molecular weight is 132 g/mol. The molecule has 9 heavy (non-hydrogen) atoms. The van der Waals surface area contributed by atoms with Crippen molar-refractivity contribution in [3.05, 3.63) is 0 Å². The van der Waals surface area contributed by atoms with E-state index in [2.05, 4.69) is 4.84 Å². The molecule has 1 amide bonds. The molecule has 0 saturated carbocycles. The molecule has 0 heterocycles. The molecule has 4 heteroatoms. The van der Waals surface area contributed by atoms with E-state index in [4.69, 9.17) is 5.90 Å². The lowest BCUT2D eigenvalue weighted by molar-refractivity contribution is -0.140. The van der Waals surface area contributed by atoms with E-state index >= 15 is 0 Å². The minimum absolute atomic E-state index is 0.127. The summed E-state index contributed by atoms with van der Waals surface area (Å²) in [7, 11) is 3.30. The summed E-state index contributed by atoms with van der Waals surface area (Å²) in [6.45, 7) is 1.60. The largest absolute Gasteiger partial charge is 0.347 e. The minimum atomic E-state index is -0.542. The summed E-state index contributed by atoms with van der Waals surface area (Å²) in [4.78, 5) is 16.5. The Morgan fingerprint density at radius 2 is 2.11 bits per heavy atom. The highest BCUT2D eigenvalue weighted by Gasteiger charge is 2.13. The monoisotopic (exact) mass is 132 g/mol. The molecule has 0 aliphatic heterocycles. The molecular formula is C5H12N2O2. The Morgan fingerprint density at radius 3 is 2.22 bits per heavy atom. The van der Waals surface area contributed by atoms with E-state index in [1.165, 1.54) is 4.90 Å². The van der Waals surface area contributed by atoms with E-state index in [1.807, 2.05) is 0 Å². The highest BCUT2D eigenvalue weighted by Crippen LogP contribution is 1.89. The predicted molar refractivity (Wildman–Crippen MR) is 33.4 cm³/mol. The second-order valence-corrected chi connectivity index (χ2v) is 2.01. The van der Waals surface area contributed by atoms with Gasteiger partial charge in [0.15, 0.2) is 6.10 Å². The third-order valence-electron chi connectivity index (χ3n) is 0.993. The Hall–Kier alpha value is -0.610. The number of hydrogen-bond donors (Lipinski definition) is 1. The van der Waals surface area contributed by atoms with Crippen molar-refractivity contribution in [2.75, 3.05) is 14.1 Å². The van der Waals surface area contributed by atoms with Gasteiger partial charge in [-0.3, -0.25) is 9.63 Å². The van der Waals surface area contributed by atoms with Gasteiger partial charge in [0.05, 0.1) is 0 Å². The molecular weight excluding hydrogens is 120 g/mol. The fourth-order valence-corrected chi connectivity index (χ4v) is 0.422. The molecule has 4 nitrogen and oxygen atoms in total. The zero-order valence-corrected chi connectivity index (χ0v) is 5.92. The first-order valence-corrected chi connectivity index (χ1v) is 2.66. The van der Waals surface area contributed by atoms with Crippen LogP contribution in [-0.4, -0.2) is 31.0 Å². The fraction of sp³-hybridized carbons (Fsp3) is 0.800. The molecule has 0 aliphatic rings. The molecule has 0 saturated heterocycles. The molecule has 0 aromatic heterocycles. The molecule has 0 aromatic carbocycles. The summed E-state index contributed by atoms with van der Waals surface area (Å²) in [5.74, 6) is 4.64. The van der Waals surface area contributed by atoms with Crippen LogP contribution in [0.15, 0.2) is 0 Å². The van der Waals surface area contributed by atoms with Gasteiger partial charge in [0.1, 0.15) is 0 Å². The van der Waals surface area contributed by atoms with E-state index in [0.717, 1.165) is 0 Å². The molecule has 0 aromatic rings. The van der Waals surface area contributed by atoms with Crippen molar-refractivity contribution in [1.82, 2.24) is 4.90 Å². The zero-order chi connectivity index (χ0) is 7.44. The fourth-order valence-electron chi connectivity index (χ4n) is 0.422. The highest BCUT2D eigenvalue weighted by molar-refractivity contribution is 5.79. The molecule has 0 fully saturated rings. The molecule has 1 atom stereocenters. The normalized spacial score (nSPS) is 12.9. The number of nitrogens with zero attached hydrogens (tertiary/aromatic N) is 1. The number of rotatable bonds is 2. The number of amides is 1. The van der Waals surface area contributed by atoms with Crippen LogP contribution in [0.2, 0.25) is 0 Å². The van der Waals surface area contributed by atoms with Gasteiger partial charge in [-0.15, -0.1) is 0 Å². The van der Waals surface area contributed by atoms with E-state index < -0.39 is 6.10 Å². The number of hydrogen-bond acceptors (Lipinski definition) is 3. The SMILES string of the molecule is CC(ON)C(=O)N(C)C. The Bertz CT molecular complexity index is 103. The maximum absolute atomic E-state index is 10.8. The summed E-state index contributed by atoms with van der Waals surface area (Å²) in [6, 6.07) is 0. The van der Waals surface area contributed by atoms with Gasteiger partial charge in [0.25, 0.3) is 5.91 Å². The maximum atomic E-state index is 10.8. The van der Waals surface area contributed by atoms with Gasteiger partial charge >= 0.3 is 0 Å². The quantitative estimate of drug-likeness (QED) is 0.508. The predicted octanol–water partition coefficient (Wildman–Crippen LogP) is -0.647. The zero-order valence-electron chi connectivity index (χ0n) is 5.92. The minimum Gasteiger partial charge on any atom is -0.347 e. The molecule has 0 rings (SSSR count). The highest BCUT2D eigenvalue weighted by atomic mass is 16.6. The van der Waals surface area contributed by atoms with Crippen molar-refractivity contribution in [3.63, 3.8) is 0 Å². The Labute approximate surface area is 54.5 Å². The molecule has 2 N–H and O–H groups in total. The molecule has 0 spiro atoms. The van der Waals surface area contributed by atoms with Crippen LogP contribution in [0.1, 0.15) is 6.92 Å². The van der Waals surface area contributed by atoms with Crippen LogP contribution in [0.4, 0.5) is 0 Å². The van der Waals surface area contributed by atoms with Crippen LogP contribution < -0.4 is 5.90 Å². The summed E-state index contributed by atoms with van der Waals surface area (Å²) in [6.07, 6.45) is -0.542. The van der Waals surface area contributed by atoms with Gasteiger partial charge in [-0.05, 0) is 6.92 Å². The number of carbonyl (C=O) groups excluding carboxylic acids is 1. The van der Waals surface area contributed by atoms with Crippen molar-refractivity contribution in [2.45, 2.75) is 13.0 Å².